The number of alkyl halides is 3. The Balaban J connectivity index is 1.77. The maximum absolute atomic E-state index is 15.4. The molecule has 0 spiro atoms. The van der Waals surface area contributed by atoms with Crippen LogP contribution in [0.5, 0.6) is 5.75 Å². The van der Waals surface area contributed by atoms with Gasteiger partial charge in [-0.25, -0.2) is 17.6 Å². The zero-order valence-corrected chi connectivity index (χ0v) is 17.6. The molecule has 1 nitrogen and oxygen atoms in total. The van der Waals surface area contributed by atoms with E-state index in [4.69, 9.17) is 0 Å². The molecule has 0 N–H and O–H groups in total. The monoisotopic (exact) mass is 468 g/mol. The minimum atomic E-state index is -5.32. The van der Waals surface area contributed by atoms with Gasteiger partial charge in [-0.1, -0.05) is 31.5 Å². The highest BCUT2D eigenvalue weighted by atomic mass is 19.4. The Morgan fingerprint density at radius 3 is 2.18 bits per heavy atom. The molecule has 0 aliphatic heterocycles. The molecule has 0 bridgehead atoms. The van der Waals surface area contributed by atoms with Crippen LogP contribution in [-0.2, 0) is 19.3 Å². The second kappa shape index (κ2) is 8.72. The molecule has 0 atom stereocenters. The van der Waals surface area contributed by atoms with Gasteiger partial charge < -0.3 is 4.74 Å². The van der Waals surface area contributed by atoms with Gasteiger partial charge in [0, 0.05) is 0 Å². The fraction of sp³-hybridized carbons (Fsp3) is 0.280. The van der Waals surface area contributed by atoms with E-state index in [9.17, 15) is 22.0 Å². The largest absolute Gasteiger partial charge is 0.573 e. The average Bonchev–Trinajstić information content (AvgIpc) is 2.74. The molecule has 8 heteroatoms. The second-order valence-corrected chi connectivity index (χ2v) is 7.99. The van der Waals surface area contributed by atoms with E-state index in [0.29, 0.717) is 29.7 Å². The molecular weight excluding hydrogens is 449 g/mol. The van der Waals surface area contributed by atoms with Crippen molar-refractivity contribution >= 4 is 0 Å². The summed E-state index contributed by atoms with van der Waals surface area (Å²) in [6.45, 7) is 2.09. The molecule has 33 heavy (non-hydrogen) atoms. The number of ether oxygens (including phenoxy) is 1. The number of hydrogen-bond donors (Lipinski definition) is 0. The fourth-order valence-electron chi connectivity index (χ4n) is 4.24. The van der Waals surface area contributed by atoms with Crippen molar-refractivity contribution in [2.75, 3.05) is 0 Å². The normalized spacial score (nSPS) is 13.0. The van der Waals surface area contributed by atoms with Crippen LogP contribution in [0.15, 0.2) is 36.4 Å². The van der Waals surface area contributed by atoms with Gasteiger partial charge in [0.25, 0.3) is 0 Å². The van der Waals surface area contributed by atoms with Crippen molar-refractivity contribution in [1.82, 2.24) is 0 Å². The topological polar surface area (TPSA) is 9.23 Å². The van der Waals surface area contributed by atoms with Gasteiger partial charge in [0.2, 0.25) is 5.75 Å². The standard InChI is InChI=1S/C25H19F7O/c1-2-3-4-13-5-7-16-14(9-13)6-8-17-18(16)12-19(26)22(23(17)29)15-10-20(27)24(21(28)11-15)33-25(30,31)32/h5,7,9-12H,2-4,6,8H2,1H3. The molecule has 0 saturated carbocycles. The zero-order valence-electron chi connectivity index (χ0n) is 17.6. The van der Waals surface area contributed by atoms with E-state index in [1.54, 1.807) is 0 Å². The smallest absolute Gasteiger partial charge is 0.399 e. The van der Waals surface area contributed by atoms with Gasteiger partial charge >= 0.3 is 6.36 Å². The van der Waals surface area contributed by atoms with Crippen LogP contribution >= 0.6 is 0 Å². The molecule has 0 fully saturated rings. The summed E-state index contributed by atoms with van der Waals surface area (Å²) in [7, 11) is 0. The number of fused-ring (bicyclic) bond motifs is 3. The Morgan fingerprint density at radius 2 is 1.55 bits per heavy atom. The van der Waals surface area contributed by atoms with Crippen molar-refractivity contribution in [3.8, 4) is 28.0 Å². The quantitative estimate of drug-likeness (QED) is 0.346. The first-order valence-corrected chi connectivity index (χ1v) is 10.5. The average molecular weight is 468 g/mol. The summed E-state index contributed by atoms with van der Waals surface area (Å²) < 4.78 is 99.1. The summed E-state index contributed by atoms with van der Waals surface area (Å²) in [6.07, 6.45) is -1.59. The number of benzene rings is 3. The van der Waals surface area contributed by atoms with Gasteiger partial charge in [-0.3, -0.25) is 0 Å². The van der Waals surface area contributed by atoms with E-state index in [0.717, 1.165) is 36.5 Å². The van der Waals surface area contributed by atoms with E-state index >= 15 is 8.78 Å². The summed E-state index contributed by atoms with van der Waals surface area (Å²) in [6, 6.07) is 7.72. The van der Waals surface area contributed by atoms with Crippen molar-refractivity contribution in [3.05, 3.63) is 76.4 Å². The first kappa shape index (κ1) is 23.1. The van der Waals surface area contributed by atoms with Crippen LogP contribution in [0.3, 0.4) is 0 Å². The first-order valence-electron chi connectivity index (χ1n) is 10.5. The lowest BCUT2D eigenvalue weighted by Gasteiger charge is -2.23. The van der Waals surface area contributed by atoms with Crippen LogP contribution in [0.1, 0.15) is 36.5 Å². The summed E-state index contributed by atoms with van der Waals surface area (Å²) in [5.41, 5.74) is 2.09. The predicted octanol–water partition coefficient (Wildman–Crippen LogP) is 7.92. The summed E-state index contributed by atoms with van der Waals surface area (Å²) in [4.78, 5) is 0. The van der Waals surface area contributed by atoms with Crippen molar-refractivity contribution in [3.63, 3.8) is 0 Å². The lowest BCUT2D eigenvalue weighted by Crippen LogP contribution is -2.19. The molecular formula is C25H19F7O. The third kappa shape index (κ3) is 4.56. The number of unbranched alkanes of at least 4 members (excludes halogenated alkanes) is 1. The minimum absolute atomic E-state index is 0.191. The van der Waals surface area contributed by atoms with Crippen LogP contribution in [0.2, 0.25) is 0 Å². The van der Waals surface area contributed by atoms with E-state index < -0.39 is 46.5 Å². The van der Waals surface area contributed by atoms with Crippen molar-refractivity contribution in [1.29, 1.82) is 0 Å². The molecule has 0 amide bonds. The number of rotatable bonds is 5. The van der Waals surface area contributed by atoms with Gasteiger partial charge in [-0.15, -0.1) is 13.2 Å². The molecule has 0 radical (unpaired) electrons. The highest BCUT2D eigenvalue weighted by Gasteiger charge is 2.34. The highest BCUT2D eigenvalue weighted by molar-refractivity contribution is 5.78. The van der Waals surface area contributed by atoms with Gasteiger partial charge in [-0.2, -0.15) is 0 Å². The van der Waals surface area contributed by atoms with Crippen LogP contribution < -0.4 is 4.74 Å². The van der Waals surface area contributed by atoms with Crippen LogP contribution in [0.4, 0.5) is 30.7 Å². The SMILES string of the molecule is CCCCc1ccc2c(c1)CCc1c-2cc(F)c(-c2cc(F)c(OC(F)(F)F)c(F)c2)c1F. The van der Waals surface area contributed by atoms with Gasteiger partial charge in [0.05, 0.1) is 5.56 Å². The zero-order chi connectivity index (χ0) is 23.9. The van der Waals surface area contributed by atoms with E-state index in [-0.39, 0.29) is 12.0 Å². The highest BCUT2D eigenvalue weighted by Crippen LogP contribution is 2.41. The molecule has 0 heterocycles. The summed E-state index contributed by atoms with van der Waals surface area (Å²) >= 11 is 0. The molecule has 0 aromatic heterocycles. The molecule has 1 aliphatic carbocycles. The van der Waals surface area contributed by atoms with E-state index in [2.05, 4.69) is 11.7 Å². The Morgan fingerprint density at radius 1 is 0.848 bits per heavy atom. The number of aryl methyl sites for hydroxylation is 2. The maximum Gasteiger partial charge on any atom is 0.573 e. The van der Waals surface area contributed by atoms with Gasteiger partial charge in [0.15, 0.2) is 11.6 Å². The molecule has 174 valence electrons. The van der Waals surface area contributed by atoms with E-state index in [1.807, 2.05) is 18.2 Å². The van der Waals surface area contributed by atoms with Crippen molar-refractivity contribution in [2.45, 2.75) is 45.4 Å². The number of hydrogen-bond acceptors (Lipinski definition) is 1. The molecule has 0 unspecified atom stereocenters. The summed E-state index contributed by atoms with van der Waals surface area (Å²) in [5, 5.41) is 0. The van der Waals surface area contributed by atoms with Crippen LogP contribution in [0, 0.1) is 23.3 Å². The third-order valence-corrected chi connectivity index (χ3v) is 5.75. The molecule has 0 saturated heterocycles. The Bertz CT molecular complexity index is 1190. The fourth-order valence-corrected chi connectivity index (χ4v) is 4.24. The molecule has 3 aromatic rings. The van der Waals surface area contributed by atoms with Crippen LogP contribution in [0.25, 0.3) is 22.3 Å². The van der Waals surface area contributed by atoms with Crippen molar-refractivity contribution < 1.29 is 35.5 Å². The Hall–Kier alpha value is -3.03. The third-order valence-electron chi connectivity index (χ3n) is 5.75. The van der Waals surface area contributed by atoms with Gasteiger partial charge in [-0.05, 0) is 77.3 Å². The molecule has 1 aliphatic rings. The minimum Gasteiger partial charge on any atom is -0.399 e. The second-order valence-electron chi connectivity index (χ2n) is 7.99. The number of halogens is 7. The first-order chi connectivity index (χ1) is 15.6. The lowest BCUT2D eigenvalue weighted by molar-refractivity contribution is -0.276. The predicted molar refractivity (Wildman–Crippen MR) is 110 cm³/mol. The Kier molecular flexibility index (Phi) is 6.12. The molecule has 3 aromatic carbocycles. The lowest BCUT2D eigenvalue weighted by atomic mass is 9.82. The van der Waals surface area contributed by atoms with Crippen LogP contribution in [-0.4, -0.2) is 6.36 Å². The van der Waals surface area contributed by atoms with E-state index in [1.165, 1.54) is 0 Å². The van der Waals surface area contributed by atoms with Gasteiger partial charge in [0.1, 0.15) is 11.6 Å². The Labute approximate surface area is 185 Å². The van der Waals surface area contributed by atoms with Crippen molar-refractivity contribution in [2.24, 2.45) is 0 Å². The summed E-state index contributed by atoms with van der Waals surface area (Å²) in [5.74, 6) is -7.18. The molecule has 4 rings (SSSR count). The maximum atomic E-state index is 15.4.